The Morgan fingerprint density at radius 3 is 2.64 bits per heavy atom. The summed E-state index contributed by atoms with van der Waals surface area (Å²) in [7, 11) is 1.48. The topological polar surface area (TPSA) is 52.4 Å². The molecule has 0 aromatic heterocycles. The minimum atomic E-state index is -0.425. The van der Waals surface area contributed by atoms with Gasteiger partial charge in [-0.1, -0.05) is 15.9 Å². The molecular weight excluding hydrogens is 318 g/mol. The normalized spacial score (nSPS) is 9.93. The largest absolute Gasteiger partial charge is 0.495 e. The molecule has 0 atom stereocenters. The fraction of sp³-hybridized carbons (Fsp3) is 0.250. The van der Waals surface area contributed by atoms with E-state index in [1.807, 2.05) is 0 Å². The Morgan fingerprint density at radius 1 is 1.57 bits per heavy atom. The molecule has 6 heteroatoms. The van der Waals surface area contributed by atoms with Crippen LogP contribution in [0.15, 0.2) is 16.6 Å². The number of ether oxygens (including phenoxy) is 1. The number of halogens is 2. The number of nitrogens with zero attached hydrogens (tertiary/aromatic N) is 1. The first-order valence-corrected chi connectivity index (χ1v) is 5.59. The van der Waals surface area contributed by atoms with Crippen molar-refractivity contribution in [2.24, 2.45) is 0 Å². The van der Waals surface area contributed by atoms with Gasteiger partial charge in [-0.2, -0.15) is 0 Å². The van der Waals surface area contributed by atoms with E-state index in [0.717, 1.165) is 0 Å². The van der Waals surface area contributed by atoms with Gasteiger partial charge in [0.15, 0.2) is 0 Å². The number of rotatable bonds is 3. The molecule has 0 radical (unpaired) electrons. The Bertz CT molecular complexity index is 368. The van der Waals surface area contributed by atoms with E-state index in [0.29, 0.717) is 21.1 Å². The van der Waals surface area contributed by atoms with Crippen molar-refractivity contribution in [2.45, 2.75) is 5.33 Å². The molecule has 0 N–H and O–H groups in total. The Labute approximate surface area is 97.7 Å². The molecule has 0 heterocycles. The zero-order valence-electron chi connectivity index (χ0n) is 7.29. The molecule has 0 bridgehead atoms. The van der Waals surface area contributed by atoms with Crippen LogP contribution in [-0.4, -0.2) is 12.0 Å². The molecule has 0 spiro atoms. The van der Waals surface area contributed by atoms with Gasteiger partial charge >= 0.3 is 0 Å². The highest BCUT2D eigenvalue weighted by Gasteiger charge is 2.19. The number of nitro benzene ring substituents is 1. The summed E-state index contributed by atoms with van der Waals surface area (Å²) in [6.45, 7) is 0. The van der Waals surface area contributed by atoms with Crippen LogP contribution in [0.1, 0.15) is 5.56 Å². The van der Waals surface area contributed by atoms with Crippen molar-refractivity contribution in [1.82, 2.24) is 0 Å². The first kappa shape index (κ1) is 11.5. The number of nitro groups is 1. The maximum absolute atomic E-state index is 10.7. The predicted molar refractivity (Wildman–Crippen MR) is 60.0 cm³/mol. The lowest BCUT2D eigenvalue weighted by atomic mass is 10.2. The zero-order chi connectivity index (χ0) is 10.7. The molecule has 0 aliphatic rings. The molecule has 0 saturated heterocycles. The fourth-order valence-corrected chi connectivity index (χ4v) is 2.18. The number of benzene rings is 1. The van der Waals surface area contributed by atoms with Crippen LogP contribution in [0, 0.1) is 10.1 Å². The van der Waals surface area contributed by atoms with Crippen molar-refractivity contribution < 1.29 is 9.66 Å². The fourth-order valence-electron chi connectivity index (χ4n) is 1.11. The number of methoxy groups -OCH3 is 1. The van der Waals surface area contributed by atoms with E-state index in [-0.39, 0.29) is 5.69 Å². The van der Waals surface area contributed by atoms with Crippen LogP contribution in [0.5, 0.6) is 5.75 Å². The van der Waals surface area contributed by atoms with Crippen LogP contribution in [0.25, 0.3) is 0 Å². The molecule has 0 aliphatic heterocycles. The summed E-state index contributed by atoms with van der Waals surface area (Å²) < 4.78 is 5.78. The molecule has 0 amide bonds. The SMILES string of the molecule is COc1c(Br)ccc([N+](=O)[O-])c1CBr. The Balaban J connectivity index is 3.40. The average molecular weight is 325 g/mol. The minimum absolute atomic E-state index is 0.0573. The summed E-state index contributed by atoms with van der Waals surface area (Å²) in [5.41, 5.74) is 0.591. The first-order valence-electron chi connectivity index (χ1n) is 3.67. The van der Waals surface area contributed by atoms with Crippen LogP contribution in [0.3, 0.4) is 0 Å². The van der Waals surface area contributed by atoms with Gasteiger partial charge in [-0.3, -0.25) is 10.1 Å². The van der Waals surface area contributed by atoms with E-state index in [4.69, 9.17) is 4.74 Å². The molecule has 1 aromatic rings. The molecular formula is C8H7Br2NO3. The first-order chi connectivity index (χ1) is 6.61. The summed E-state index contributed by atoms with van der Waals surface area (Å²) in [4.78, 5) is 10.2. The van der Waals surface area contributed by atoms with Crippen molar-refractivity contribution in [2.75, 3.05) is 7.11 Å². The third kappa shape index (κ3) is 2.06. The second kappa shape index (κ2) is 4.75. The molecule has 76 valence electrons. The zero-order valence-corrected chi connectivity index (χ0v) is 10.5. The molecule has 0 aliphatic carbocycles. The van der Waals surface area contributed by atoms with Gasteiger partial charge in [0, 0.05) is 11.4 Å². The van der Waals surface area contributed by atoms with E-state index in [1.54, 1.807) is 6.07 Å². The highest BCUT2D eigenvalue weighted by molar-refractivity contribution is 9.10. The lowest BCUT2D eigenvalue weighted by molar-refractivity contribution is -0.385. The van der Waals surface area contributed by atoms with Gasteiger partial charge in [0.25, 0.3) is 5.69 Å². The van der Waals surface area contributed by atoms with Gasteiger partial charge in [-0.15, -0.1) is 0 Å². The van der Waals surface area contributed by atoms with Crippen LogP contribution >= 0.6 is 31.9 Å². The van der Waals surface area contributed by atoms with Gasteiger partial charge in [0.05, 0.1) is 22.1 Å². The highest BCUT2D eigenvalue weighted by Crippen LogP contribution is 2.36. The van der Waals surface area contributed by atoms with Crippen LogP contribution in [0.4, 0.5) is 5.69 Å². The van der Waals surface area contributed by atoms with Gasteiger partial charge in [0.2, 0.25) is 0 Å². The van der Waals surface area contributed by atoms with Gasteiger partial charge in [-0.05, 0) is 22.0 Å². The van der Waals surface area contributed by atoms with Crippen molar-refractivity contribution in [3.63, 3.8) is 0 Å². The molecule has 1 aromatic carbocycles. The van der Waals surface area contributed by atoms with Gasteiger partial charge in [-0.25, -0.2) is 0 Å². The third-order valence-corrected chi connectivity index (χ3v) is 2.91. The van der Waals surface area contributed by atoms with Crippen LogP contribution in [0.2, 0.25) is 0 Å². The van der Waals surface area contributed by atoms with E-state index in [2.05, 4.69) is 31.9 Å². The standard InChI is InChI=1S/C8H7Br2NO3/c1-14-8-5(4-9)7(11(12)13)3-2-6(8)10/h2-3H,4H2,1H3. The van der Waals surface area contributed by atoms with Crippen molar-refractivity contribution in [3.05, 3.63) is 32.3 Å². The second-order valence-corrected chi connectivity index (χ2v) is 3.88. The molecule has 0 saturated carbocycles. The number of hydrogen-bond donors (Lipinski definition) is 0. The highest BCUT2D eigenvalue weighted by atomic mass is 79.9. The number of hydrogen-bond acceptors (Lipinski definition) is 3. The van der Waals surface area contributed by atoms with Gasteiger partial charge in [0.1, 0.15) is 5.75 Å². The molecule has 1 rings (SSSR count). The lowest BCUT2D eigenvalue weighted by Crippen LogP contribution is -1.97. The van der Waals surface area contributed by atoms with E-state index in [9.17, 15) is 10.1 Å². The monoisotopic (exact) mass is 323 g/mol. The molecule has 0 fully saturated rings. The van der Waals surface area contributed by atoms with Crippen LogP contribution in [-0.2, 0) is 5.33 Å². The van der Waals surface area contributed by atoms with Gasteiger partial charge < -0.3 is 4.74 Å². The Kier molecular flexibility index (Phi) is 3.88. The quantitative estimate of drug-likeness (QED) is 0.487. The predicted octanol–water partition coefficient (Wildman–Crippen LogP) is 3.26. The van der Waals surface area contributed by atoms with E-state index < -0.39 is 4.92 Å². The summed E-state index contributed by atoms with van der Waals surface area (Å²) in [6, 6.07) is 3.05. The van der Waals surface area contributed by atoms with Crippen molar-refractivity contribution in [3.8, 4) is 5.75 Å². The number of alkyl halides is 1. The van der Waals surface area contributed by atoms with Crippen molar-refractivity contribution in [1.29, 1.82) is 0 Å². The Morgan fingerprint density at radius 2 is 2.21 bits per heavy atom. The van der Waals surface area contributed by atoms with E-state index in [1.165, 1.54) is 13.2 Å². The summed E-state index contributed by atoms with van der Waals surface area (Å²) >= 11 is 6.46. The lowest BCUT2D eigenvalue weighted by Gasteiger charge is -2.08. The van der Waals surface area contributed by atoms with Crippen molar-refractivity contribution >= 4 is 37.5 Å². The smallest absolute Gasteiger partial charge is 0.277 e. The average Bonchev–Trinajstić information content (AvgIpc) is 2.16. The Hall–Kier alpha value is -0.620. The molecule has 14 heavy (non-hydrogen) atoms. The van der Waals surface area contributed by atoms with E-state index >= 15 is 0 Å². The summed E-state index contributed by atoms with van der Waals surface area (Å²) in [5.74, 6) is 0.496. The summed E-state index contributed by atoms with van der Waals surface area (Å²) in [5, 5.41) is 11.1. The molecule has 4 nitrogen and oxygen atoms in total. The van der Waals surface area contributed by atoms with Crippen LogP contribution < -0.4 is 4.74 Å². The maximum atomic E-state index is 10.7. The minimum Gasteiger partial charge on any atom is -0.495 e. The maximum Gasteiger partial charge on any atom is 0.277 e. The second-order valence-electron chi connectivity index (χ2n) is 2.47. The third-order valence-electron chi connectivity index (χ3n) is 1.72. The molecule has 0 unspecified atom stereocenters. The summed E-state index contributed by atoms with van der Waals surface area (Å²) in [6.07, 6.45) is 0.